The van der Waals surface area contributed by atoms with Crippen molar-refractivity contribution in [3.63, 3.8) is 0 Å². The third kappa shape index (κ3) is 2.92. The van der Waals surface area contributed by atoms with Crippen LogP contribution in [0.2, 0.25) is 0 Å². The summed E-state index contributed by atoms with van der Waals surface area (Å²) in [5.41, 5.74) is 1.62. The number of carbonyl (C=O) groups is 1. The first-order valence-electron chi connectivity index (χ1n) is 6.86. The zero-order valence-corrected chi connectivity index (χ0v) is 11.5. The lowest BCUT2D eigenvalue weighted by Crippen LogP contribution is -2.46. The number of hydrogen-bond acceptors (Lipinski definition) is 5. The van der Waals surface area contributed by atoms with E-state index >= 15 is 0 Å². The van der Waals surface area contributed by atoms with Gasteiger partial charge in [-0.15, -0.1) is 0 Å². The van der Waals surface area contributed by atoms with Crippen LogP contribution in [0, 0.1) is 0 Å². The molecule has 1 aliphatic rings. The van der Waals surface area contributed by atoms with Gasteiger partial charge in [-0.2, -0.15) is 0 Å². The lowest BCUT2D eigenvalue weighted by Gasteiger charge is -2.34. The van der Waals surface area contributed by atoms with E-state index in [9.17, 15) is 9.90 Å². The Morgan fingerprint density at radius 3 is 3.00 bits per heavy atom. The van der Waals surface area contributed by atoms with Crippen molar-refractivity contribution in [2.45, 2.75) is 12.6 Å². The lowest BCUT2D eigenvalue weighted by molar-refractivity contribution is -0.0312. The van der Waals surface area contributed by atoms with E-state index in [4.69, 9.17) is 14.3 Å². The highest BCUT2D eigenvalue weighted by molar-refractivity contribution is 5.91. The number of fused-ring (bicyclic) bond motifs is 1. The molecule has 2 heterocycles. The number of aliphatic hydroxyl groups is 1. The Morgan fingerprint density at radius 2 is 2.24 bits per heavy atom. The van der Waals surface area contributed by atoms with Gasteiger partial charge < -0.3 is 19.4 Å². The predicted molar refractivity (Wildman–Crippen MR) is 75.3 cm³/mol. The highest BCUT2D eigenvalue weighted by Crippen LogP contribution is 2.22. The summed E-state index contributed by atoms with van der Waals surface area (Å²) in [6, 6.07) is 7.17. The lowest BCUT2D eigenvalue weighted by atomic mass is 10.1. The molecular weight excluding hydrogens is 274 g/mol. The molecule has 21 heavy (non-hydrogen) atoms. The Labute approximate surface area is 121 Å². The molecule has 3 rings (SSSR count). The molecule has 0 spiro atoms. The molecule has 2 N–H and O–H groups in total. The van der Waals surface area contributed by atoms with Crippen LogP contribution in [0.15, 0.2) is 28.7 Å². The van der Waals surface area contributed by atoms with Gasteiger partial charge in [-0.1, -0.05) is 6.07 Å². The van der Waals surface area contributed by atoms with Crippen LogP contribution in [0.1, 0.15) is 16.1 Å². The molecule has 2 aromatic rings. The standard InChI is InChI=1S/C15H17NO5/c17-8-12-9-20-4-3-16(12)7-10-1-2-13-11(5-10)6-14(21-13)15(18)19/h1-2,5-6,12,17H,3-4,7-9H2,(H,18,19). The van der Waals surface area contributed by atoms with Gasteiger partial charge in [-0.25, -0.2) is 4.79 Å². The van der Waals surface area contributed by atoms with E-state index in [2.05, 4.69) is 4.90 Å². The Balaban J connectivity index is 1.81. The summed E-state index contributed by atoms with van der Waals surface area (Å²) in [4.78, 5) is 13.1. The van der Waals surface area contributed by atoms with E-state index in [1.807, 2.05) is 12.1 Å². The molecular formula is C15H17NO5. The SMILES string of the molecule is O=C(O)c1cc2cc(CN3CCOCC3CO)ccc2o1. The van der Waals surface area contributed by atoms with Gasteiger partial charge in [0.05, 0.1) is 25.9 Å². The molecule has 6 heteroatoms. The maximum atomic E-state index is 10.9. The topological polar surface area (TPSA) is 83.1 Å². The molecule has 0 amide bonds. The fourth-order valence-corrected chi connectivity index (χ4v) is 2.60. The molecule has 1 aliphatic heterocycles. The molecule has 1 fully saturated rings. The number of ether oxygens (including phenoxy) is 1. The van der Waals surface area contributed by atoms with E-state index in [-0.39, 0.29) is 18.4 Å². The number of aliphatic hydroxyl groups excluding tert-OH is 1. The van der Waals surface area contributed by atoms with Gasteiger partial charge in [0.15, 0.2) is 0 Å². The van der Waals surface area contributed by atoms with Crippen LogP contribution in [0.3, 0.4) is 0 Å². The maximum Gasteiger partial charge on any atom is 0.371 e. The third-order valence-electron chi connectivity index (χ3n) is 3.74. The van der Waals surface area contributed by atoms with E-state index in [0.717, 1.165) is 17.5 Å². The van der Waals surface area contributed by atoms with Crippen LogP contribution in [0.25, 0.3) is 11.0 Å². The van der Waals surface area contributed by atoms with E-state index in [1.54, 1.807) is 6.07 Å². The van der Waals surface area contributed by atoms with Crippen molar-refractivity contribution >= 4 is 16.9 Å². The van der Waals surface area contributed by atoms with Crippen molar-refractivity contribution in [2.24, 2.45) is 0 Å². The molecule has 0 saturated carbocycles. The minimum Gasteiger partial charge on any atom is -0.475 e. The van der Waals surface area contributed by atoms with Crippen LogP contribution >= 0.6 is 0 Å². The Hall–Kier alpha value is -1.89. The highest BCUT2D eigenvalue weighted by Gasteiger charge is 2.22. The third-order valence-corrected chi connectivity index (χ3v) is 3.74. The number of benzene rings is 1. The number of carboxylic acids is 1. The molecule has 1 saturated heterocycles. The second-order valence-electron chi connectivity index (χ2n) is 5.17. The number of carboxylic acid groups (broad SMARTS) is 1. The smallest absolute Gasteiger partial charge is 0.371 e. The molecule has 0 radical (unpaired) electrons. The Bertz CT molecular complexity index is 651. The van der Waals surface area contributed by atoms with Gasteiger partial charge in [0.1, 0.15) is 5.58 Å². The van der Waals surface area contributed by atoms with Crippen LogP contribution in [-0.2, 0) is 11.3 Å². The first-order chi connectivity index (χ1) is 10.2. The van der Waals surface area contributed by atoms with Crippen LogP contribution in [-0.4, -0.2) is 53.5 Å². The maximum absolute atomic E-state index is 10.9. The molecule has 112 valence electrons. The van der Waals surface area contributed by atoms with Crippen molar-refractivity contribution in [1.82, 2.24) is 4.90 Å². The van der Waals surface area contributed by atoms with Crippen molar-refractivity contribution in [1.29, 1.82) is 0 Å². The van der Waals surface area contributed by atoms with Crippen molar-refractivity contribution in [2.75, 3.05) is 26.4 Å². The molecule has 1 unspecified atom stereocenters. The first-order valence-corrected chi connectivity index (χ1v) is 6.86. The fourth-order valence-electron chi connectivity index (χ4n) is 2.60. The summed E-state index contributed by atoms with van der Waals surface area (Å²) in [6.07, 6.45) is 0. The number of furan rings is 1. The number of nitrogens with zero attached hydrogens (tertiary/aromatic N) is 1. The van der Waals surface area contributed by atoms with Gasteiger partial charge in [0.2, 0.25) is 5.76 Å². The highest BCUT2D eigenvalue weighted by atomic mass is 16.5. The number of hydrogen-bond donors (Lipinski definition) is 2. The van der Waals surface area contributed by atoms with Crippen molar-refractivity contribution in [3.05, 3.63) is 35.6 Å². The quantitative estimate of drug-likeness (QED) is 0.884. The molecule has 0 aliphatic carbocycles. The van der Waals surface area contributed by atoms with Gasteiger partial charge >= 0.3 is 5.97 Å². The van der Waals surface area contributed by atoms with E-state index in [1.165, 1.54) is 6.07 Å². The molecule has 1 aromatic heterocycles. The average Bonchev–Trinajstić information content (AvgIpc) is 2.91. The summed E-state index contributed by atoms with van der Waals surface area (Å²) < 4.78 is 10.6. The summed E-state index contributed by atoms with van der Waals surface area (Å²) in [5.74, 6) is -1.12. The van der Waals surface area contributed by atoms with Crippen LogP contribution < -0.4 is 0 Å². The van der Waals surface area contributed by atoms with Crippen LogP contribution in [0.5, 0.6) is 0 Å². The minimum absolute atomic E-state index is 0.00776. The number of morpholine rings is 1. The van der Waals surface area contributed by atoms with E-state index in [0.29, 0.717) is 25.3 Å². The zero-order valence-electron chi connectivity index (χ0n) is 11.5. The molecule has 1 aromatic carbocycles. The Kier molecular flexibility index (Phi) is 3.92. The number of rotatable bonds is 4. The Morgan fingerprint density at radius 1 is 1.38 bits per heavy atom. The van der Waals surface area contributed by atoms with Gasteiger partial charge in [0.25, 0.3) is 0 Å². The van der Waals surface area contributed by atoms with Crippen LogP contribution in [0.4, 0.5) is 0 Å². The van der Waals surface area contributed by atoms with Crippen molar-refractivity contribution in [3.8, 4) is 0 Å². The largest absolute Gasteiger partial charge is 0.475 e. The summed E-state index contributed by atoms with van der Waals surface area (Å²) >= 11 is 0. The molecule has 6 nitrogen and oxygen atoms in total. The first kappa shape index (κ1) is 14.1. The fraction of sp³-hybridized carbons (Fsp3) is 0.400. The second-order valence-corrected chi connectivity index (χ2v) is 5.17. The summed E-state index contributed by atoms with van der Waals surface area (Å²) in [7, 11) is 0. The summed E-state index contributed by atoms with van der Waals surface area (Å²) in [6.45, 7) is 2.73. The van der Waals surface area contributed by atoms with Gasteiger partial charge in [-0.3, -0.25) is 4.90 Å². The predicted octanol–water partition coefficient (Wildman–Crippen LogP) is 1.32. The molecule has 0 bridgehead atoms. The molecule has 1 atom stereocenters. The number of aromatic carboxylic acids is 1. The summed E-state index contributed by atoms with van der Waals surface area (Å²) in [5, 5.41) is 19.1. The van der Waals surface area contributed by atoms with Crippen molar-refractivity contribution < 1.29 is 24.2 Å². The zero-order chi connectivity index (χ0) is 14.8. The minimum atomic E-state index is -1.07. The average molecular weight is 291 g/mol. The monoisotopic (exact) mass is 291 g/mol. The van der Waals surface area contributed by atoms with Gasteiger partial charge in [-0.05, 0) is 23.8 Å². The van der Waals surface area contributed by atoms with Gasteiger partial charge in [0, 0.05) is 18.5 Å². The van der Waals surface area contributed by atoms with E-state index < -0.39 is 5.97 Å². The normalized spacial score (nSPS) is 20.0. The second kappa shape index (κ2) is 5.85.